The lowest BCUT2D eigenvalue weighted by Crippen LogP contribution is -2.25. The Kier molecular flexibility index (Phi) is 3.04. The van der Waals surface area contributed by atoms with E-state index in [9.17, 15) is 13.2 Å². The molecule has 1 aliphatic carbocycles. The standard InChI is InChI=1S/C11H11ClO3S/c12-8-3-1-4-9(7-8)16(14,15)11-6-2-5-10(11)13/h1,3-4,7,11H,2,5-6H2. The predicted molar refractivity (Wildman–Crippen MR) is 61.3 cm³/mol. The van der Waals surface area contributed by atoms with E-state index in [1.807, 2.05) is 0 Å². The molecule has 0 aliphatic heterocycles. The van der Waals surface area contributed by atoms with Crippen molar-refractivity contribution in [2.45, 2.75) is 29.4 Å². The first kappa shape index (κ1) is 11.6. The maximum Gasteiger partial charge on any atom is 0.188 e. The second-order valence-electron chi connectivity index (χ2n) is 3.85. The number of ketones is 1. The van der Waals surface area contributed by atoms with Crippen molar-refractivity contribution < 1.29 is 13.2 Å². The highest BCUT2D eigenvalue weighted by atomic mass is 35.5. The molecule has 86 valence electrons. The molecule has 0 heterocycles. The van der Waals surface area contributed by atoms with Crippen LogP contribution in [-0.2, 0) is 14.6 Å². The molecular weight excluding hydrogens is 248 g/mol. The van der Waals surface area contributed by atoms with Gasteiger partial charge < -0.3 is 0 Å². The van der Waals surface area contributed by atoms with Crippen molar-refractivity contribution in [2.24, 2.45) is 0 Å². The van der Waals surface area contributed by atoms with Crippen molar-refractivity contribution in [2.75, 3.05) is 0 Å². The topological polar surface area (TPSA) is 51.2 Å². The molecule has 1 saturated carbocycles. The van der Waals surface area contributed by atoms with Crippen LogP contribution in [0.25, 0.3) is 0 Å². The average molecular weight is 259 g/mol. The molecular formula is C11H11ClO3S. The highest BCUT2D eigenvalue weighted by Crippen LogP contribution is 2.28. The Balaban J connectivity index is 2.43. The van der Waals surface area contributed by atoms with Gasteiger partial charge in [0, 0.05) is 11.4 Å². The maximum atomic E-state index is 12.1. The minimum Gasteiger partial charge on any atom is -0.298 e. The Morgan fingerprint density at radius 2 is 2.06 bits per heavy atom. The zero-order valence-corrected chi connectivity index (χ0v) is 10.1. The van der Waals surface area contributed by atoms with E-state index in [4.69, 9.17) is 11.6 Å². The van der Waals surface area contributed by atoms with Gasteiger partial charge in [-0.15, -0.1) is 0 Å². The van der Waals surface area contributed by atoms with Gasteiger partial charge >= 0.3 is 0 Å². The molecule has 2 rings (SSSR count). The lowest BCUT2D eigenvalue weighted by molar-refractivity contribution is -0.117. The molecule has 1 aliphatic rings. The van der Waals surface area contributed by atoms with Crippen LogP contribution in [0.4, 0.5) is 0 Å². The molecule has 16 heavy (non-hydrogen) atoms. The lowest BCUT2D eigenvalue weighted by Gasteiger charge is -2.09. The van der Waals surface area contributed by atoms with Gasteiger partial charge in [-0.1, -0.05) is 17.7 Å². The molecule has 1 fully saturated rings. The molecule has 3 nitrogen and oxygen atoms in total. The highest BCUT2D eigenvalue weighted by molar-refractivity contribution is 7.92. The van der Waals surface area contributed by atoms with Gasteiger partial charge in [-0.25, -0.2) is 8.42 Å². The third-order valence-corrected chi connectivity index (χ3v) is 5.14. The van der Waals surface area contributed by atoms with Crippen molar-refractivity contribution in [3.05, 3.63) is 29.3 Å². The molecule has 0 spiro atoms. The van der Waals surface area contributed by atoms with Crippen molar-refractivity contribution in [3.8, 4) is 0 Å². The molecule has 0 aromatic heterocycles. The summed E-state index contributed by atoms with van der Waals surface area (Å²) in [6, 6.07) is 6.06. The van der Waals surface area contributed by atoms with Crippen LogP contribution in [0.1, 0.15) is 19.3 Å². The molecule has 1 aromatic rings. The van der Waals surface area contributed by atoms with E-state index in [1.54, 1.807) is 12.1 Å². The van der Waals surface area contributed by atoms with Crippen LogP contribution in [0.3, 0.4) is 0 Å². The molecule has 1 atom stereocenters. The smallest absolute Gasteiger partial charge is 0.188 e. The number of halogens is 1. The maximum absolute atomic E-state index is 12.1. The van der Waals surface area contributed by atoms with Gasteiger partial charge in [-0.3, -0.25) is 4.79 Å². The van der Waals surface area contributed by atoms with Gasteiger partial charge in [0.25, 0.3) is 0 Å². The lowest BCUT2D eigenvalue weighted by atomic mass is 10.3. The third kappa shape index (κ3) is 1.99. The number of carbonyl (C=O) groups is 1. The molecule has 1 aromatic carbocycles. The van der Waals surface area contributed by atoms with Gasteiger partial charge in [-0.2, -0.15) is 0 Å². The first-order valence-corrected chi connectivity index (χ1v) is 6.96. The number of hydrogen-bond donors (Lipinski definition) is 0. The van der Waals surface area contributed by atoms with Crippen LogP contribution in [0.15, 0.2) is 29.2 Å². The van der Waals surface area contributed by atoms with Crippen molar-refractivity contribution >= 4 is 27.2 Å². The van der Waals surface area contributed by atoms with Gasteiger partial charge in [0.2, 0.25) is 0 Å². The largest absolute Gasteiger partial charge is 0.298 e. The van der Waals surface area contributed by atoms with E-state index in [-0.39, 0.29) is 10.7 Å². The van der Waals surface area contributed by atoms with E-state index in [0.717, 1.165) is 0 Å². The molecule has 5 heteroatoms. The molecule has 0 radical (unpaired) electrons. The summed E-state index contributed by atoms with van der Waals surface area (Å²) in [5.41, 5.74) is 0. The summed E-state index contributed by atoms with van der Waals surface area (Å²) in [5.74, 6) is -0.181. The fraction of sp³-hybridized carbons (Fsp3) is 0.364. The highest BCUT2D eigenvalue weighted by Gasteiger charge is 2.36. The van der Waals surface area contributed by atoms with Crippen LogP contribution in [0.2, 0.25) is 5.02 Å². The summed E-state index contributed by atoms with van der Waals surface area (Å²) in [5, 5.41) is -0.502. The monoisotopic (exact) mass is 258 g/mol. The minimum atomic E-state index is -3.54. The second-order valence-corrected chi connectivity index (χ2v) is 6.42. The Bertz CT molecular complexity index is 522. The quantitative estimate of drug-likeness (QED) is 0.817. The SMILES string of the molecule is O=C1CCCC1S(=O)(=O)c1cccc(Cl)c1. The summed E-state index contributed by atoms with van der Waals surface area (Å²) in [6.45, 7) is 0. The Morgan fingerprint density at radius 1 is 1.31 bits per heavy atom. The number of sulfone groups is 1. The van der Waals surface area contributed by atoms with Crippen molar-refractivity contribution in [1.29, 1.82) is 0 Å². The van der Waals surface area contributed by atoms with E-state index >= 15 is 0 Å². The van der Waals surface area contributed by atoms with E-state index < -0.39 is 15.1 Å². The molecule has 1 unspecified atom stereocenters. The zero-order chi connectivity index (χ0) is 11.8. The van der Waals surface area contributed by atoms with E-state index in [2.05, 4.69) is 0 Å². The Morgan fingerprint density at radius 3 is 2.62 bits per heavy atom. The predicted octanol–water partition coefficient (Wildman–Crippen LogP) is 2.24. The average Bonchev–Trinajstić information content (AvgIpc) is 2.65. The molecule has 0 N–H and O–H groups in total. The van der Waals surface area contributed by atoms with Crippen LogP contribution in [0.5, 0.6) is 0 Å². The van der Waals surface area contributed by atoms with Crippen LogP contribution in [0, 0.1) is 0 Å². The molecule has 0 bridgehead atoms. The minimum absolute atomic E-state index is 0.139. The van der Waals surface area contributed by atoms with Gasteiger partial charge in [0.1, 0.15) is 5.25 Å². The fourth-order valence-electron chi connectivity index (χ4n) is 1.92. The van der Waals surface area contributed by atoms with Crippen LogP contribution < -0.4 is 0 Å². The third-order valence-electron chi connectivity index (χ3n) is 2.75. The Hall–Kier alpha value is -0.870. The fourth-order valence-corrected chi connectivity index (χ4v) is 4.00. The van der Waals surface area contributed by atoms with Gasteiger partial charge in [-0.05, 0) is 31.0 Å². The van der Waals surface area contributed by atoms with E-state index in [1.165, 1.54) is 12.1 Å². The number of carbonyl (C=O) groups excluding carboxylic acids is 1. The first-order chi connectivity index (χ1) is 7.51. The van der Waals surface area contributed by atoms with E-state index in [0.29, 0.717) is 24.3 Å². The van der Waals surface area contributed by atoms with Crippen LogP contribution >= 0.6 is 11.6 Å². The second kappa shape index (κ2) is 4.18. The summed E-state index contributed by atoms with van der Waals surface area (Å²) in [4.78, 5) is 11.6. The summed E-state index contributed by atoms with van der Waals surface area (Å²) in [7, 11) is -3.54. The van der Waals surface area contributed by atoms with Gasteiger partial charge in [0.15, 0.2) is 15.6 Å². The molecule has 0 amide bonds. The first-order valence-electron chi connectivity index (χ1n) is 5.04. The number of hydrogen-bond acceptors (Lipinski definition) is 3. The number of rotatable bonds is 2. The zero-order valence-electron chi connectivity index (χ0n) is 8.52. The normalized spacial score (nSPS) is 21.3. The summed E-state index contributed by atoms with van der Waals surface area (Å²) >= 11 is 5.74. The number of benzene rings is 1. The molecule has 0 saturated heterocycles. The van der Waals surface area contributed by atoms with Crippen molar-refractivity contribution in [3.63, 3.8) is 0 Å². The summed E-state index contributed by atoms with van der Waals surface area (Å²) < 4.78 is 24.2. The number of Topliss-reactive ketones (excluding diaryl/α,β-unsaturated/α-hetero) is 1. The van der Waals surface area contributed by atoms with Crippen LogP contribution in [-0.4, -0.2) is 19.5 Å². The van der Waals surface area contributed by atoms with Gasteiger partial charge in [0.05, 0.1) is 4.90 Å². The Labute approximate surface area is 99.3 Å². The summed E-state index contributed by atoms with van der Waals surface area (Å²) in [6.07, 6.45) is 1.45. The van der Waals surface area contributed by atoms with Crippen molar-refractivity contribution in [1.82, 2.24) is 0 Å².